The second-order valence-corrected chi connectivity index (χ2v) is 7.23. The molecule has 0 saturated carbocycles. The molecule has 0 atom stereocenters. The number of hydrogen-bond acceptors (Lipinski definition) is 3. The van der Waals surface area contributed by atoms with Gasteiger partial charge in [-0.05, 0) is 50.2 Å². The Morgan fingerprint density at radius 3 is 2.56 bits per heavy atom. The molecule has 8 heteroatoms. The molecule has 0 fully saturated rings. The van der Waals surface area contributed by atoms with Crippen molar-refractivity contribution in [1.29, 1.82) is 0 Å². The summed E-state index contributed by atoms with van der Waals surface area (Å²) < 4.78 is 44.3. The van der Waals surface area contributed by atoms with Crippen LogP contribution in [0.25, 0.3) is 0 Å². The molecule has 1 amide bonds. The molecule has 0 aromatic heterocycles. The van der Waals surface area contributed by atoms with Crippen molar-refractivity contribution in [2.45, 2.75) is 32.0 Å². The highest BCUT2D eigenvalue weighted by Crippen LogP contribution is 2.35. The molecule has 0 aliphatic carbocycles. The topological polar surface area (TPSA) is 55.4 Å². The lowest BCUT2D eigenvalue weighted by Crippen LogP contribution is -2.36. The van der Waals surface area contributed by atoms with Gasteiger partial charge in [0.15, 0.2) is 5.78 Å². The SMILES string of the molecule is CC1(C)CC(=O)c2cc(C(=O)Nc3cc(C(F)(F)F)ccc3Cl)ccc2O1. The van der Waals surface area contributed by atoms with Crippen LogP contribution in [0.5, 0.6) is 5.75 Å². The van der Waals surface area contributed by atoms with Gasteiger partial charge in [0, 0.05) is 5.56 Å². The first-order chi connectivity index (χ1) is 12.5. The molecule has 0 unspecified atom stereocenters. The van der Waals surface area contributed by atoms with E-state index in [1.165, 1.54) is 18.2 Å². The highest BCUT2D eigenvalue weighted by Gasteiger charge is 2.33. The average molecular weight is 398 g/mol. The number of rotatable bonds is 2. The molecule has 0 spiro atoms. The van der Waals surface area contributed by atoms with Crippen LogP contribution in [0.2, 0.25) is 5.02 Å². The van der Waals surface area contributed by atoms with Gasteiger partial charge in [-0.1, -0.05) is 11.6 Å². The molecule has 1 heterocycles. The number of alkyl halides is 3. The molecule has 1 N–H and O–H groups in total. The Balaban J connectivity index is 1.88. The van der Waals surface area contributed by atoms with E-state index in [-0.39, 0.29) is 34.0 Å². The first-order valence-corrected chi connectivity index (χ1v) is 8.38. The molecule has 1 aliphatic rings. The fourth-order valence-corrected chi connectivity index (χ4v) is 2.95. The molecule has 2 aromatic rings. The predicted octanol–water partition coefficient (Wildman–Crippen LogP) is 5.35. The lowest BCUT2D eigenvalue weighted by molar-refractivity contribution is -0.137. The van der Waals surface area contributed by atoms with Crippen molar-refractivity contribution in [2.24, 2.45) is 0 Å². The lowest BCUT2D eigenvalue weighted by Gasteiger charge is -2.31. The number of carbonyl (C=O) groups excluding carboxylic acids is 2. The van der Waals surface area contributed by atoms with Gasteiger partial charge >= 0.3 is 6.18 Å². The number of Topliss-reactive ketones (excluding diaryl/α,β-unsaturated/α-hetero) is 1. The number of ketones is 1. The zero-order chi connectivity index (χ0) is 20.0. The van der Waals surface area contributed by atoms with E-state index in [0.717, 1.165) is 18.2 Å². The summed E-state index contributed by atoms with van der Waals surface area (Å²) in [5, 5.41) is 2.32. The van der Waals surface area contributed by atoms with Gasteiger partial charge in [-0.2, -0.15) is 13.2 Å². The predicted molar refractivity (Wildman–Crippen MR) is 94.5 cm³/mol. The fourth-order valence-electron chi connectivity index (χ4n) is 2.79. The Labute approximate surface area is 158 Å². The van der Waals surface area contributed by atoms with E-state index >= 15 is 0 Å². The minimum absolute atomic E-state index is 0.0320. The van der Waals surface area contributed by atoms with Crippen molar-refractivity contribution in [3.05, 3.63) is 58.1 Å². The molecule has 3 rings (SSSR count). The van der Waals surface area contributed by atoms with Crippen LogP contribution in [-0.2, 0) is 6.18 Å². The minimum atomic E-state index is -4.56. The summed E-state index contributed by atoms with van der Waals surface area (Å²) in [6, 6.07) is 6.95. The minimum Gasteiger partial charge on any atom is -0.487 e. The molecule has 142 valence electrons. The first-order valence-electron chi connectivity index (χ1n) is 8.01. The van der Waals surface area contributed by atoms with Gasteiger partial charge in [0.2, 0.25) is 0 Å². The van der Waals surface area contributed by atoms with Crippen LogP contribution in [0.4, 0.5) is 18.9 Å². The summed E-state index contributed by atoms with van der Waals surface area (Å²) in [5.41, 5.74) is -1.37. The second kappa shape index (κ2) is 6.56. The summed E-state index contributed by atoms with van der Waals surface area (Å²) in [4.78, 5) is 24.7. The highest BCUT2D eigenvalue weighted by atomic mass is 35.5. The van der Waals surface area contributed by atoms with Gasteiger partial charge in [-0.15, -0.1) is 0 Å². The maximum absolute atomic E-state index is 12.8. The van der Waals surface area contributed by atoms with E-state index in [4.69, 9.17) is 16.3 Å². The quantitative estimate of drug-likeness (QED) is 0.742. The zero-order valence-corrected chi connectivity index (χ0v) is 15.2. The van der Waals surface area contributed by atoms with Crippen LogP contribution in [0.3, 0.4) is 0 Å². The van der Waals surface area contributed by atoms with Crippen LogP contribution in [0.15, 0.2) is 36.4 Å². The molecule has 0 bridgehead atoms. The van der Waals surface area contributed by atoms with Crippen molar-refractivity contribution < 1.29 is 27.5 Å². The van der Waals surface area contributed by atoms with Crippen molar-refractivity contribution >= 4 is 29.0 Å². The number of fused-ring (bicyclic) bond motifs is 1. The second-order valence-electron chi connectivity index (χ2n) is 6.82. The first kappa shape index (κ1) is 19.2. The number of carbonyl (C=O) groups is 2. The average Bonchev–Trinajstić information content (AvgIpc) is 2.54. The third-order valence-electron chi connectivity index (χ3n) is 4.06. The number of amides is 1. The Bertz CT molecular complexity index is 938. The zero-order valence-electron chi connectivity index (χ0n) is 14.4. The number of ether oxygens (including phenoxy) is 1. The smallest absolute Gasteiger partial charge is 0.416 e. The Morgan fingerprint density at radius 1 is 1.19 bits per heavy atom. The van der Waals surface area contributed by atoms with Crippen LogP contribution < -0.4 is 10.1 Å². The van der Waals surface area contributed by atoms with E-state index < -0.39 is 23.2 Å². The van der Waals surface area contributed by atoms with Crippen molar-refractivity contribution in [3.8, 4) is 5.75 Å². The molecule has 0 radical (unpaired) electrons. The van der Waals surface area contributed by atoms with Gasteiger partial charge in [0.25, 0.3) is 5.91 Å². The number of halogens is 4. The largest absolute Gasteiger partial charge is 0.487 e. The molecule has 2 aromatic carbocycles. The van der Waals surface area contributed by atoms with E-state index in [0.29, 0.717) is 5.75 Å². The van der Waals surface area contributed by atoms with Crippen LogP contribution >= 0.6 is 11.6 Å². The van der Waals surface area contributed by atoms with Gasteiger partial charge < -0.3 is 10.1 Å². The van der Waals surface area contributed by atoms with Gasteiger partial charge in [-0.3, -0.25) is 9.59 Å². The molecule has 4 nitrogen and oxygen atoms in total. The van der Waals surface area contributed by atoms with Crippen LogP contribution in [0.1, 0.15) is 46.5 Å². The summed E-state index contributed by atoms with van der Waals surface area (Å²) in [5.74, 6) is -0.491. The maximum atomic E-state index is 12.8. The summed E-state index contributed by atoms with van der Waals surface area (Å²) in [7, 11) is 0. The molecule has 1 aliphatic heterocycles. The van der Waals surface area contributed by atoms with Crippen LogP contribution in [-0.4, -0.2) is 17.3 Å². The number of benzene rings is 2. The van der Waals surface area contributed by atoms with Gasteiger partial charge in [0.1, 0.15) is 11.4 Å². The van der Waals surface area contributed by atoms with Crippen molar-refractivity contribution in [1.82, 2.24) is 0 Å². The van der Waals surface area contributed by atoms with E-state index in [9.17, 15) is 22.8 Å². The maximum Gasteiger partial charge on any atom is 0.416 e. The number of hydrogen-bond donors (Lipinski definition) is 1. The Kier molecular flexibility index (Phi) is 4.67. The van der Waals surface area contributed by atoms with E-state index in [1.54, 1.807) is 13.8 Å². The lowest BCUT2D eigenvalue weighted by atomic mass is 9.92. The summed E-state index contributed by atoms with van der Waals surface area (Å²) >= 11 is 5.89. The van der Waals surface area contributed by atoms with Crippen molar-refractivity contribution in [2.75, 3.05) is 5.32 Å². The number of anilines is 1. The van der Waals surface area contributed by atoms with E-state index in [1.807, 2.05) is 0 Å². The molecule has 0 saturated heterocycles. The monoisotopic (exact) mass is 397 g/mol. The molecule has 27 heavy (non-hydrogen) atoms. The van der Waals surface area contributed by atoms with Crippen LogP contribution in [0, 0.1) is 0 Å². The number of nitrogens with one attached hydrogen (secondary N) is 1. The Hall–Kier alpha value is -2.54. The Morgan fingerprint density at radius 2 is 1.89 bits per heavy atom. The molecular formula is C19H15ClF3NO3. The van der Waals surface area contributed by atoms with Crippen molar-refractivity contribution in [3.63, 3.8) is 0 Å². The normalized spacial score (nSPS) is 15.7. The third-order valence-corrected chi connectivity index (χ3v) is 4.39. The summed E-state index contributed by atoms with van der Waals surface area (Å²) in [6.07, 6.45) is -4.41. The van der Waals surface area contributed by atoms with Gasteiger partial charge in [0.05, 0.1) is 28.3 Å². The fraction of sp³-hybridized carbons (Fsp3) is 0.263. The van der Waals surface area contributed by atoms with Gasteiger partial charge in [-0.25, -0.2) is 0 Å². The molecular weight excluding hydrogens is 383 g/mol. The third kappa shape index (κ3) is 4.08. The summed E-state index contributed by atoms with van der Waals surface area (Å²) in [6.45, 7) is 3.56. The van der Waals surface area contributed by atoms with E-state index in [2.05, 4.69) is 5.32 Å². The standard InChI is InChI=1S/C19H15ClF3NO3/c1-18(2)9-15(25)12-7-10(3-6-16(12)27-18)17(26)24-14-8-11(19(21,22)23)4-5-13(14)20/h3-8H,9H2,1-2H3,(H,24,26). The highest BCUT2D eigenvalue weighted by molar-refractivity contribution is 6.34.